The average Bonchev–Trinajstić information content (AvgIpc) is 3.27. The first-order valence-corrected chi connectivity index (χ1v) is 11.1. The van der Waals surface area contributed by atoms with Gasteiger partial charge in [-0.05, 0) is 55.0 Å². The number of nitrogens with one attached hydrogen (secondary N) is 1. The molecule has 0 aliphatic rings. The van der Waals surface area contributed by atoms with Crippen LogP contribution in [-0.4, -0.2) is 64.4 Å². The molecule has 0 unspecified atom stereocenters. The summed E-state index contributed by atoms with van der Waals surface area (Å²) in [6.45, 7) is 2.38. The Hall–Kier alpha value is -4.41. The van der Waals surface area contributed by atoms with E-state index in [2.05, 4.69) is 10.4 Å². The third-order valence-electron chi connectivity index (χ3n) is 5.16. The average molecular weight is 499 g/mol. The predicted octanol–water partition coefficient (Wildman–Crippen LogP) is 2.97. The van der Waals surface area contributed by atoms with Gasteiger partial charge in [0, 0.05) is 13.2 Å². The van der Waals surface area contributed by atoms with Gasteiger partial charge >= 0.3 is 5.97 Å². The number of carboxylic acid groups (broad SMARTS) is 1. The maximum Gasteiger partial charge on any atom is 0.335 e. The van der Waals surface area contributed by atoms with E-state index in [1.54, 1.807) is 32.3 Å². The number of ether oxygens (including phenoxy) is 2. The zero-order valence-electron chi connectivity index (χ0n) is 19.9. The first-order chi connectivity index (χ1) is 17.2. The van der Waals surface area contributed by atoms with Crippen LogP contribution in [0.25, 0.3) is 0 Å². The molecule has 0 fully saturated rings. The van der Waals surface area contributed by atoms with Crippen LogP contribution < -0.4 is 14.8 Å². The van der Waals surface area contributed by atoms with Gasteiger partial charge in [-0.2, -0.15) is 5.10 Å². The Morgan fingerprint density at radius 2 is 1.86 bits per heavy atom. The number of nitrogens with zero attached hydrogens (tertiary/aromatic N) is 3. The molecule has 3 aromatic rings. The molecule has 0 aliphatic heterocycles. The minimum absolute atomic E-state index is 0.0212. The van der Waals surface area contributed by atoms with E-state index in [1.165, 1.54) is 46.1 Å². The summed E-state index contributed by atoms with van der Waals surface area (Å²) in [5.74, 6) is -0.834. The third-order valence-corrected chi connectivity index (χ3v) is 5.16. The van der Waals surface area contributed by atoms with Gasteiger partial charge in [-0.3, -0.25) is 14.3 Å². The van der Waals surface area contributed by atoms with Crippen molar-refractivity contribution >= 4 is 23.5 Å². The van der Waals surface area contributed by atoms with Gasteiger partial charge in [-0.25, -0.2) is 9.18 Å². The third kappa shape index (κ3) is 7.83. The Morgan fingerprint density at radius 3 is 2.56 bits per heavy atom. The van der Waals surface area contributed by atoms with Crippen LogP contribution in [0, 0.1) is 12.7 Å². The molecule has 1 heterocycles. The van der Waals surface area contributed by atoms with Crippen LogP contribution in [0.4, 0.5) is 10.1 Å². The van der Waals surface area contributed by atoms with Crippen molar-refractivity contribution in [3.63, 3.8) is 0 Å². The van der Waals surface area contributed by atoms with Crippen LogP contribution in [0.2, 0.25) is 0 Å². The van der Waals surface area contributed by atoms with Gasteiger partial charge in [0.2, 0.25) is 11.8 Å². The quantitative estimate of drug-likeness (QED) is 0.394. The monoisotopic (exact) mass is 498 g/mol. The molecule has 0 saturated carbocycles. The van der Waals surface area contributed by atoms with Crippen molar-refractivity contribution in [1.29, 1.82) is 0 Å². The molecule has 0 bridgehead atoms. The van der Waals surface area contributed by atoms with Crippen LogP contribution in [0.5, 0.6) is 11.5 Å². The molecule has 2 N–H and O–H groups in total. The molecular formula is C25H27FN4O6. The van der Waals surface area contributed by atoms with E-state index in [-0.39, 0.29) is 49.4 Å². The molecule has 1 aromatic heterocycles. The van der Waals surface area contributed by atoms with Crippen molar-refractivity contribution in [2.24, 2.45) is 0 Å². The highest BCUT2D eigenvalue weighted by atomic mass is 19.1. The Kier molecular flexibility index (Phi) is 8.98. The number of anilines is 1. The predicted molar refractivity (Wildman–Crippen MR) is 129 cm³/mol. The summed E-state index contributed by atoms with van der Waals surface area (Å²) >= 11 is 0. The van der Waals surface area contributed by atoms with Gasteiger partial charge in [0.15, 0.2) is 0 Å². The van der Waals surface area contributed by atoms with Gasteiger partial charge in [0.05, 0.1) is 37.0 Å². The van der Waals surface area contributed by atoms with Gasteiger partial charge in [0.25, 0.3) is 0 Å². The lowest BCUT2D eigenvalue weighted by molar-refractivity contribution is -0.131. The molecule has 0 aliphatic carbocycles. The number of carbonyl (C=O) groups excluding carboxylic acids is 2. The van der Waals surface area contributed by atoms with E-state index in [0.29, 0.717) is 29.3 Å². The van der Waals surface area contributed by atoms with Crippen LogP contribution in [0.15, 0.2) is 54.9 Å². The van der Waals surface area contributed by atoms with E-state index in [0.717, 1.165) is 0 Å². The molecule has 2 aromatic carbocycles. The minimum atomic E-state index is -1.01. The van der Waals surface area contributed by atoms with E-state index in [9.17, 15) is 18.8 Å². The molecule has 0 spiro atoms. The highest BCUT2D eigenvalue weighted by molar-refractivity contribution is 5.90. The van der Waals surface area contributed by atoms with E-state index in [1.807, 2.05) is 0 Å². The summed E-state index contributed by atoms with van der Waals surface area (Å²) in [6.07, 6.45) is 3.08. The smallest absolute Gasteiger partial charge is 0.335 e. The van der Waals surface area contributed by atoms with Crippen molar-refractivity contribution in [2.75, 3.05) is 32.1 Å². The van der Waals surface area contributed by atoms with Gasteiger partial charge < -0.3 is 24.8 Å². The van der Waals surface area contributed by atoms with Crippen LogP contribution in [0.3, 0.4) is 0 Å². The number of halogens is 1. The highest BCUT2D eigenvalue weighted by Crippen LogP contribution is 2.18. The maximum atomic E-state index is 13.1. The molecule has 190 valence electrons. The second kappa shape index (κ2) is 12.3. The summed E-state index contributed by atoms with van der Waals surface area (Å²) in [4.78, 5) is 37.0. The maximum absolute atomic E-state index is 13.1. The summed E-state index contributed by atoms with van der Waals surface area (Å²) in [7, 11) is 1.63. The minimum Gasteiger partial charge on any atom is -0.493 e. The number of likely N-dealkylation sites (N-methyl/N-ethyl adjacent to an activating group) is 1. The molecule has 2 amide bonds. The number of amides is 2. The van der Waals surface area contributed by atoms with Crippen molar-refractivity contribution in [2.45, 2.75) is 19.9 Å². The first-order valence-electron chi connectivity index (χ1n) is 11.1. The standard InChI is InChI=1S/C25H27FN4O6/c1-17-13-19(26)5-8-22(17)36-11-9-23(31)28-20-14-27-30(15-20)16-24(32)29(2)10-12-35-21-6-3-18(4-7-21)25(33)34/h3-8,13-15H,9-12,16H2,1-2H3,(H,28,31)(H,33,34). The number of hydrogen-bond donors (Lipinski definition) is 2. The number of rotatable bonds is 12. The van der Waals surface area contributed by atoms with Crippen LogP contribution >= 0.6 is 0 Å². The molecule has 10 nitrogen and oxygen atoms in total. The fourth-order valence-electron chi connectivity index (χ4n) is 3.14. The van der Waals surface area contributed by atoms with Gasteiger partial charge in [-0.15, -0.1) is 0 Å². The molecule has 0 saturated heterocycles. The second-order valence-electron chi connectivity index (χ2n) is 7.98. The van der Waals surface area contributed by atoms with Crippen molar-refractivity contribution in [1.82, 2.24) is 14.7 Å². The van der Waals surface area contributed by atoms with Crippen molar-refractivity contribution < 1.29 is 33.4 Å². The number of hydrogen-bond acceptors (Lipinski definition) is 6. The number of aryl methyl sites for hydroxylation is 1. The zero-order chi connectivity index (χ0) is 26.1. The lowest BCUT2D eigenvalue weighted by atomic mass is 10.2. The molecular weight excluding hydrogens is 471 g/mol. The molecule has 11 heteroatoms. The Labute approximate surface area is 207 Å². The molecule has 36 heavy (non-hydrogen) atoms. The zero-order valence-corrected chi connectivity index (χ0v) is 19.9. The number of aromatic nitrogens is 2. The number of carbonyl (C=O) groups is 3. The highest BCUT2D eigenvalue weighted by Gasteiger charge is 2.12. The second-order valence-corrected chi connectivity index (χ2v) is 7.98. The Balaban J connectivity index is 1.37. The van der Waals surface area contributed by atoms with E-state index < -0.39 is 5.97 Å². The van der Waals surface area contributed by atoms with Crippen molar-refractivity contribution in [3.8, 4) is 11.5 Å². The molecule has 3 rings (SSSR count). The van der Waals surface area contributed by atoms with E-state index >= 15 is 0 Å². The number of benzene rings is 2. The fourth-order valence-corrected chi connectivity index (χ4v) is 3.14. The Morgan fingerprint density at radius 1 is 1.11 bits per heavy atom. The SMILES string of the molecule is Cc1cc(F)ccc1OCCC(=O)Nc1cnn(CC(=O)N(C)CCOc2ccc(C(=O)O)cc2)c1. The topological polar surface area (TPSA) is 123 Å². The lowest BCUT2D eigenvalue weighted by Gasteiger charge is -2.17. The summed E-state index contributed by atoms with van der Waals surface area (Å²) in [5, 5.41) is 15.7. The van der Waals surface area contributed by atoms with Gasteiger partial charge in [0.1, 0.15) is 30.5 Å². The number of aromatic carboxylic acids is 1. The summed E-state index contributed by atoms with van der Waals surface area (Å²) in [5.41, 5.74) is 1.26. The Bertz CT molecular complexity index is 1210. The normalized spacial score (nSPS) is 10.5. The summed E-state index contributed by atoms with van der Waals surface area (Å²) in [6, 6.07) is 10.2. The first kappa shape index (κ1) is 26.2. The van der Waals surface area contributed by atoms with Gasteiger partial charge in [-0.1, -0.05) is 0 Å². The molecule has 0 atom stereocenters. The molecule has 0 radical (unpaired) electrons. The fraction of sp³-hybridized carbons (Fsp3) is 0.280. The van der Waals surface area contributed by atoms with Crippen LogP contribution in [0.1, 0.15) is 22.3 Å². The lowest BCUT2D eigenvalue weighted by Crippen LogP contribution is -2.33. The largest absolute Gasteiger partial charge is 0.493 e. The van der Waals surface area contributed by atoms with E-state index in [4.69, 9.17) is 14.6 Å². The van der Waals surface area contributed by atoms with Crippen molar-refractivity contribution in [3.05, 3.63) is 71.8 Å². The summed E-state index contributed by atoms with van der Waals surface area (Å²) < 4.78 is 25.6. The number of carboxylic acids is 1. The van der Waals surface area contributed by atoms with Crippen LogP contribution in [-0.2, 0) is 16.1 Å².